The zero-order valence-electron chi connectivity index (χ0n) is 14.3. The van der Waals surface area contributed by atoms with Crippen LogP contribution in [-0.2, 0) is 20.9 Å². The molecule has 8 heteroatoms. The number of anilines is 1. The number of aromatic nitrogens is 1. The third kappa shape index (κ3) is 4.34. The summed E-state index contributed by atoms with van der Waals surface area (Å²) >= 11 is 7.21. The van der Waals surface area contributed by atoms with Crippen LogP contribution in [0.4, 0.5) is 9.93 Å². The van der Waals surface area contributed by atoms with E-state index >= 15 is 0 Å². The Labute approximate surface area is 160 Å². The lowest BCUT2D eigenvalue weighted by molar-refractivity contribution is -0.145. The van der Waals surface area contributed by atoms with Crippen molar-refractivity contribution >= 4 is 40.1 Å². The van der Waals surface area contributed by atoms with Gasteiger partial charge in [-0.3, -0.25) is 4.79 Å². The number of ether oxygens (including phenoxy) is 2. The maximum atomic E-state index is 12.8. The zero-order valence-corrected chi connectivity index (χ0v) is 15.8. The van der Waals surface area contributed by atoms with Gasteiger partial charge in [-0.2, -0.15) is 0 Å². The summed E-state index contributed by atoms with van der Waals surface area (Å²) < 4.78 is 10.3. The monoisotopic (exact) mass is 394 g/mol. The maximum absolute atomic E-state index is 12.8. The highest BCUT2D eigenvalue weighted by Crippen LogP contribution is 2.35. The Morgan fingerprint density at radius 3 is 2.73 bits per heavy atom. The summed E-state index contributed by atoms with van der Waals surface area (Å²) in [5.41, 5.74) is 0.900. The molecule has 1 aromatic carbocycles. The molecule has 1 saturated carbocycles. The van der Waals surface area contributed by atoms with Gasteiger partial charge in [-0.15, -0.1) is 11.3 Å². The van der Waals surface area contributed by atoms with Crippen LogP contribution in [0.15, 0.2) is 35.7 Å². The molecule has 1 aliphatic rings. The minimum atomic E-state index is -0.490. The second-order valence-electron chi connectivity index (χ2n) is 6.05. The predicted octanol–water partition coefficient (Wildman–Crippen LogP) is 4.28. The quantitative estimate of drug-likeness (QED) is 0.708. The Morgan fingerprint density at radius 2 is 2.08 bits per heavy atom. The van der Waals surface area contributed by atoms with Crippen molar-refractivity contribution in [1.82, 2.24) is 4.98 Å². The molecule has 0 unspecified atom stereocenters. The minimum absolute atomic E-state index is 0.169. The lowest BCUT2D eigenvalue weighted by atomic mass is 10.1. The fourth-order valence-electron chi connectivity index (χ4n) is 3.10. The van der Waals surface area contributed by atoms with Gasteiger partial charge in [0.1, 0.15) is 11.8 Å². The van der Waals surface area contributed by atoms with E-state index in [0.717, 1.165) is 5.56 Å². The van der Waals surface area contributed by atoms with E-state index in [1.54, 1.807) is 5.38 Å². The number of esters is 1. The highest BCUT2D eigenvalue weighted by atomic mass is 35.5. The van der Waals surface area contributed by atoms with Crippen molar-refractivity contribution in [2.24, 2.45) is 5.92 Å². The van der Waals surface area contributed by atoms with Gasteiger partial charge < -0.3 is 9.47 Å². The van der Waals surface area contributed by atoms with Crippen molar-refractivity contribution in [3.63, 3.8) is 0 Å². The third-order valence-corrected chi connectivity index (χ3v) is 5.54. The number of hydrogen-bond donors (Lipinski definition) is 0. The fourth-order valence-corrected chi connectivity index (χ4v) is 4.11. The summed E-state index contributed by atoms with van der Waals surface area (Å²) in [7, 11) is 1.38. The molecule has 0 radical (unpaired) electrons. The first kappa shape index (κ1) is 18.7. The van der Waals surface area contributed by atoms with Gasteiger partial charge >= 0.3 is 12.1 Å². The Morgan fingerprint density at radius 1 is 1.31 bits per heavy atom. The molecule has 0 N–H and O–H groups in total. The standard InChI is InChI=1S/C18H19ClN2O4S/c1-24-16(22)13-7-8-14(9-13)21(17-20-15(19)11-26-17)18(23)25-10-12-5-3-2-4-6-12/h2-6,11,13-14H,7-10H2,1H3/t13-,14+/m0/s1. The first-order chi connectivity index (χ1) is 12.6. The molecule has 1 heterocycles. The molecule has 1 aromatic heterocycles. The van der Waals surface area contributed by atoms with E-state index in [1.165, 1.54) is 23.3 Å². The molecule has 138 valence electrons. The van der Waals surface area contributed by atoms with Crippen molar-refractivity contribution in [3.8, 4) is 0 Å². The second kappa shape index (κ2) is 8.51. The summed E-state index contributed by atoms with van der Waals surface area (Å²) in [4.78, 5) is 30.3. The number of carbonyl (C=O) groups is 2. The highest BCUT2D eigenvalue weighted by Gasteiger charge is 2.38. The fraction of sp³-hybridized carbons (Fsp3) is 0.389. The van der Waals surface area contributed by atoms with Crippen LogP contribution in [0.2, 0.25) is 5.15 Å². The van der Waals surface area contributed by atoms with Crippen LogP contribution in [0.3, 0.4) is 0 Å². The van der Waals surface area contributed by atoms with Crippen LogP contribution in [0.5, 0.6) is 0 Å². The number of halogens is 1. The lowest BCUT2D eigenvalue weighted by Gasteiger charge is -2.25. The summed E-state index contributed by atoms with van der Waals surface area (Å²) in [6.45, 7) is 0.169. The summed E-state index contributed by atoms with van der Waals surface area (Å²) in [5, 5.41) is 2.47. The molecule has 0 bridgehead atoms. The molecule has 0 aliphatic heterocycles. The Hall–Kier alpha value is -2.12. The van der Waals surface area contributed by atoms with Gasteiger partial charge in [0.05, 0.1) is 13.0 Å². The molecule has 0 spiro atoms. The van der Waals surface area contributed by atoms with Gasteiger partial charge in [0.25, 0.3) is 0 Å². The summed E-state index contributed by atoms with van der Waals surface area (Å²) in [5.74, 6) is -0.466. The van der Waals surface area contributed by atoms with E-state index in [4.69, 9.17) is 21.1 Å². The van der Waals surface area contributed by atoms with Crippen LogP contribution in [0, 0.1) is 5.92 Å². The van der Waals surface area contributed by atoms with E-state index < -0.39 is 6.09 Å². The van der Waals surface area contributed by atoms with Crippen molar-refractivity contribution in [2.75, 3.05) is 12.0 Å². The van der Waals surface area contributed by atoms with Crippen molar-refractivity contribution in [2.45, 2.75) is 31.9 Å². The van der Waals surface area contributed by atoms with E-state index in [9.17, 15) is 9.59 Å². The molecule has 1 aliphatic carbocycles. The Kier molecular flexibility index (Phi) is 6.11. The average Bonchev–Trinajstić information content (AvgIpc) is 3.30. The van der Waals surface area contributed by atoms with Gasteiger partial charge in [0.2, 0.25) is 0 Å². The zero-order chi connectivity index (χ0) is 18.5. The molecule has 2 atom stereocenters. The van der Waals surface area contributed by atoms with Gasteiger partial charge in [-0.25, -0.2) is 14.7 Å². The topological polar surface area (TPSA) is 68.7 Å². The van der Waals surface area contributed by atoms with E-state index in [0.29, 0.717) is 29.5 Å². The molecular formula is C18H19ClN2O4S. The average molecular weight is 395 g/mol. The van der Waals surface area contributed by atoms with E-state index in [-0.39, 0.29) is 24.5 Å². The van der Waals surface area contributed by atoms with Gasteiger partial charge in [-0.05, 0) is 24.8 Å². The highest BCUT2D eigenvalue weighted by molar-refractivity contribution is 7.14. The van der Waals surface area contributed by atoms with Crippen LogP contribution in [-0.4, -0.2) is 30.2 Å². The van der Waals surface area contributed by atoms with Crippen LogP contribution >= 0.6 is 22.9 Å². The van der Waals surface area contributed by atoms with Crippen molar-refractivity contribution in [3.05, 3.63) is 46.4 Å². The normalized spacial score (nSPS) is 19.2. The first-order valence-corrected chi connectivity index (χ1v) is 9.53. The SMILES string of the molecule is COC(=O)[C@H]1CC[C@@H](N(C(=O)OCc2ccccc2)c2nc(Cl)cs2)C1. The molecule has 3 rings (SSSR count). The molecule has 2 aromatic rings. The number of carbonyl (C=O) groups excluding carboxylic acids is 2. The van der Waals surface area contributed by atoms with Crippen LogP contribution in [0.1, 0.15) is 24.8 Å². The Balaban J connectivity index is 1.73. The van der Waals surface area contributed by atoms with Gasteiger partial charge in [0, 0.05) is 11.4 Å². The molecule has 1 fully saturated rings. The number of hydrogen-bond acceptors (Lipinski definition) is 6. The number of thiazole rings is 1. The van der Waals surface area contributed by atoms with Crippen LogP contribution in [0.25, 0.3) is 0 Å². The number of amides is 1. The number of nitrogens with zero attached hydrogens (tertiary/aromatic N) is 2. The smallest absolute Gasteiger partial charge is 0.416 e. The van der Waals surface area contributed by atoms with Crippen molar-refractivity contribution in [1.29, 1.82) is 0 Å². The van der Waals surface area contributed by atoms with Crippen LogP contribution < -0.4 is 4.90 Å². The first-order valence-electron chi connectivity index (χ1n) is 8.27. The van der Waals surface area contributed by atoms with Gasteiger partial charge in [0.15, 0.2) is 5.13 Å². The molecule has 1 amide bonds. The molecule has 0 saturated heterocycles. The maximum Gasteiger partial charge on any atom is 0.416 e. The molecule has 26 heavy (non-hydrogen) atoms. The largest absolute Gasteiger partial charge is 0.469 e. The predicted molar refractivity (Wildman–Crippen MR) is 99.4 cm³/mol. The molecular weight excluding hydrogens is 376 g/mol. The van der Waals surface area contributed by atoms with Gasteiger partial charge in [-0.1, -0.05) is 41.9 Å². The minimum Gasteiger partial charge on any atom is -0.469 e. The number of methoxy groups -OCH3 is 1. The Bertz CT molecular complexity index is 768. The van der Waals surface area contributed by atoms with E-state index in [1.807, 2.05) is 30.3 Å². The molecule has 6 nitrogen and oxygen atoms in total. The summed E-state index contributed by atoms with van der Waals surface area (Å²) in [6, 6.07) is 9.28. The third-order valence-electron chi connectivity index (χ3n) is 4.38. The van der Waals surface area contributed by atoms with Crippen molar-refractivity contribution < 1.29 is 19.1 Å². The second-order valence-corrected chi connectivity index (χ2v) is 7.27. The summed E-state index contributed by atoms with van der Waals surface area (Å²) in [6.07, 6.45) is 1.37. The number of benzene rings is 1. The van der Waals surface area contributed by atoms with E-state index in [2.05, 4.69) is 4.98 Å². The lowest BCUT2D eigenvalue weighted by Crippen LogP contribution is -2.39. The number of rotatable bonds is 5.